The van der Waals surface area contributed by atoms with Gasteiger partial charge in [-0.2, -0.15) is 0 Å². The van der Waals surface area contributed by atoms with E-state index in [9.17, 15) is 4.79 Å². The molecule has 0 saturated carbocycles. The van der Waals surface area contributed by atoms with Crippen molar-refractivity contribution < 1.29 is 14.3 Å². The zero-order chi connectivity index (χ0) is 15.4. The van der Waals surface area contributed by atoms with Crippen LogP contribution in [-0.2, 0) is 11.3 Å². The molecule has 114 valence electrons. The fraction of sp³-hybridized carbons (Fsp3) is 0.235. The first-order valence-corrected chi connectivity index (χ1v) is 7.20. The highest BCUT2D eigenvalue weighted by atomic mass is 16.7. The van der Waals surface area contributed by atoms with Gasteiger partial charge in [-0.25, -0.2) is 0 Å². The number of amides is 1. The van der Waals surface area contributed by atoms with Crippen molar-refractivity contribution in [3.05, 3.63) is 54.1 Å². The van der Waals surface area contributed by atoms with E-state index >= 15 is 0 Å². The Morgan fingerprint density at radius 3 is 2.73 bits per heavy atom. The summed E-state index contributed by atoms with van der Waals surface area (Å²) in [5.74, 6) is 1.45. The molecular weight excluding hydrogens is 280 g/mol. The van der Waals surface area contributed by atoms with E-state index in [1.807, 2.05) is 55.5 Å². The highest BCUT2D eigenvalue weighted by Crippen LogP contribution is 2.32. The molecule has 1 aliphatic rings. The maximum absolute atomic E-state index is 12.1. The summed E-state index contributed by atoms with van der Waals surface area (Å²) in [4.78, 5) is 12.1. The second-order valence-electron chi connectivity index (χ2n) is 5.15. The van der Waals surface area contributed by atoms with Gasteiger partial charge in [-0.3, -0.25) is 4.79 Å². The SMILES string of the molecule is C[C@@H](NCc1ccc2c(c1)OCO2)C(=O)Nc1ccccc1. The molecule has 1 heterocycles. The molecule has 0 fully saturated rings. The van der Waals surface area contributed by atoms with Gasteiger partial charge in [0.05, 0.1) is 6.04 Å². The van der Waals surface area contributed by atoms with Crippen molar-refractivity contribution in [2.24, 2.45) is 0 Å². The Morgan fingerprint density at radius 1 is 1.14 bits per heavy atom. The van der Waals surface area contributed by atoms with Crippen molar-refractivity contribution in [3.8, 4) is 11.5 Å². The molecule has 0 aromatic heterocycles. The van der Waals surface area contributed by atoms with Gasteiger partial charge in [-0.05, 0) is 36.8 Å². The molecule has 2 N–H and O–H groups in total. The Balaban J connectivity index is 1.53. The molecule has 2 aromatic carbocycles. The number of hydrogen-bond donors (Lipinski definition) is 2. The highest BCUT2D eigenvalue weighted by Gasteiger charge is 2.15. The molecule has 0 spiro atoms. The van der Waals surface area contributed by atoms with Gasteiger partial charge in [0.2, 0.25) is 12.7 Å². The van der Waals surface area contributed by atoms with Crippen LogP contribution in [0.3, 0.4) is 0 Å². The lowest BCUT2D eigenvalue weighted by Crippen LogP contribution is -2.37. The van der Waals surface area contributed by atoms with Crippen molar-refractivity contribution in [1.29, 1.82) is 0 Å². The smallest absolute Gasteiger partial charge is 0.241 e. The van der Waals surface area contributed by atoms with Crippen LogP contribution in [0.5, 0.6) is 11.5 Å². The van der Waals surface area contributed by atoms with Crippen LogP contribution >= 0.6 is 0 Å². The fourth-order valence-electron chi connectivity index (χ4n) is 2.19. The summed E-state index contributed by atoms with van der Waals surface area (Å²) in [6, 6.07) is 14.9. The number of hydrogen-bond acceptors (Lipinski definition) is 4. The van der Waals surface area contributed by atoms with Crippen molar-refractivity contribution in [1.82, 2.24) is 5.32 Å². The molecule has 5 heteroatoms. The minimum Gasteiger partial charge on any atom is -0.454 e. The first kappa shape index (κ1) is 14.4. The first-order valence-electron chi connectivity index (χ1n) is 7.20. The van der Waals surface area contributed by atoms with Crippen molar-refractivity contribution in [3.63, 3.8) is 0 Å². The summed E-state index contributed by atoms with van der Waals surface area (Å²) in [7, 11) is 0. The number of nitrogens with one attached hydrogen (secondary N) is 2. The number of carbonyl (C=O) groups is 1. The van der Waals surface area contributed by atoms with Crippen LogP contribution in [-0.4, -0.2) is 18.7 Å². The molecule has 1 atom stereocenters. The topological polar surface area (TPSA) is 59.6 Å². The number of carbonyl (C=O) groups excluding carboxylic acids is 1. The molecule has 5 nitrogen and oxygen atoms in total. The number of fused-ring (bicyclic) bond motifs is 1. The lowest BCUT2D eigenvalue weighted by atomic mass is 10.2. The zero-order valence-electron chi connectivity index (χ0n) is 12.3. The van der Waals surface area contributed by atoms with Gasteiger partial charge in [-0.1, -0.05) is 24.3 Å². The first-order chi connectivity index (χ1) is 10.7. The van der Waals surface area contributed by atoms with E-state index in [-0.39, 0.29) is 18.7 Å². The maximum atomic E-state index is 12.1. The highest BCUT2D eigenvalue weighted by molar-refractivity contribution is 5.94. The summed E-state index contributed by atoms with van der Waals surface area (Å²) in [6.07, 6.45) is 0. The molecule has 0 radical (unpaired) electrons. The molecule has 3 rings (SSSR count). The fourth-order valence-corrected chi connectivity index (χ4v) is 2.19. The van der Waals surface area contributed by atoms with E-state index < -0.39 is 0 Å². The Bertz CT molecular complexity index is 658. The number of benzene rings is 2. The minimum absolute atomic E-state index is 0.0630. The lowest BCUT2D eigenvalue weighted by molar-refractivity contribution is -0.117. The quantitative estimate of drug-likeness (QED) is 0.890. The molecule has 0 saturated heterocycles. The van der Waals surface area contributed by atoms with Crippen LogP contribution in [0.1, 0.15) is 12.5 Å². The lowest BCUT2D eigenvalue weighted by Gasteiger charge is -2.14. The largest absolute Gasteiger partial charge is 0.454 e. The second-order valence-corrected chi connectivity index (χ2v) is 5.15. The van der Waals surface area contributed by atoms with Crippen LogP contribution in [0.15, 0.2) is 48.5 Å². The van der Waals surface area contributed by atoms with E-state index in [1.54, 1.807) is 0 Å². The third-order valence-electron chi connectivity index (χ3n) is 3.48. The van der Waals surface area contributed by atoms with E-state index in [0.717, 1.165) is 22.7 Å². The monoisotopic (exact) mass is 298 g/mol. The van der Waals surface area contributed by atoms with E-state index in [2.05, 4.69) is 10.6 Å². The van der Waals surface area contributed by atoms with Crippen LogP contribution in [0.2, 0.25) is 0 Å². The summed E-state index contributed by atoms with van der Waals surface area (Å²) >= 11 is 0. The molecular formula is C17H18N2O3. The summed E-state index contributed by atoms with van der Waals surface area (Å²) < 4.78 is 10.6. The third kappa shape index (κ3) is 3.38. The van der Waals surface area contributed by atoms with Crippen molar-refractivity contribution in [2.45, 2.75) is 19.5 Å². The van der Waals surface area contributed by atoms with E-state index in [4.69, 9.17) is 9.47 Å². The molecule has 22 heavy (non-hydrogen) atoms. The molecule has 1 amide bonds. The number of ether oxygens (including phenoxy) is 2. The predicted molar refractivity (Wildman–Crippen MR) is 83.9 cm³/mol. The van der Waals surface area contributed by atoms with Gasteiger partial charge < -0.3 is 20.1 Å². The molecule has 2 aromatic rings. The summed E-state index contributed by atoms with van der Waals surface area (Å²) in [6.45, 7) is 2.69. The Hall–Kier alpha value is -2.53. The van der Waals surface area contributed by atoms with Crippen LogP contribution in [0, 0.1) is 0 Å². The van der Waals surface area contributed by atoms with Gasteiger partial charge >= 0.3 is 0 Å². The molecule has 0 unspecified atom stereocenters. The van der Waals surface area contributed by atoms with Gasteiger partial charge in [-0.15, -0.1) is 0 Å². The Kier molecular flexibility index (Phi) is 4.25. The van der Waals surface area contributed by atoms with Crippen LogP contribution in [0.25, 0.3) is 0 Å². The number of rotatable bonds is 5. The molecule has 0 aliphatic carbocycles. The van der Waals surface area contributed by atoms with Gasteiger partial charge in [0.15, 0.2) is 11.5 Å². The van der Waals surface area contributed by atoms with Crippen LogP contribution < -0.4 is 20.1 Å². The second kappa shape index (κ2) is 6.49. The van der Waals surface area contributed by atoms with Gasteiger partial charge in [0.25, 0.3) is 0 Å². The summed E-state index contributed by atoms with van der Waals surface area (Å²) in [5.41, 5.74) is 1.84. The minimum atomic E-state index is -0.300. The third-order valence-corrected chi connectivity index (χ3v) is 3.48. The zero-order valence-corrected chi connectivity index (χ0v) is 12.3. The number of para-hydroxylation sites is 1. The normalized spacial score (nSPS) is 13.7. The number of anilines is 1. The average Bonchev–Trinajstić information content (AvgIpc) is 3.01. The predicted octanol–water partition coefficient (Wildman–Crippen LogP) is 2.53. The van der Waals surface area contributed by atoms with Crippen LogP contribution in [0.4, 0.5) is 5.69 Å². The average molecular weight is 298 g/mol. The maximum Gasteiger partial charge on any atom is 0.241 e. The van der Waals surface area contributed by atoms with Gasteiger partial charge in [0.1, 0.15) is 0 Å². The molecule has 1 aliphatic heterocycles. The van der Waals surface area contributed by atoms with Crippen molar-refractivity contribution >= 4 is 11.6 Å². The summed E-state index contributed by atoms with van der Waals surface area (Å²) in [5, 5.41) is 6.08. The van der Waals surface area contributed by atoms with Gasteiger partial charge in [0, 0.05) is 12.2 Å². The Morgan fingerprint density at radius 2 is 1.91 bits per heavy atom. The van der Waals surface area contributed by atoms with Crippen molar-refractivity contribution in [2.75, 3.05) is 12.1 Å². The van der Waals surface area contributed by atoms with E-state index in [0.29, 0.717) is 6.54 Å². The standard InChI is InChI=1S/C17H18N2O3/c1-12(17(20)19-14-5-3-2-4-6-14)18-10-13-7-8-15-16(9-13)22-11-21-15/h2-9,12,18H,10-11H2,1H3,(H,19,20)/t12-/m1/s1. The Labute approximate surface area is 129 Å². The van der Waals surface area contributed by atoms with E-state index in [1.165, 1.54) is 0 Å². The molecule has 0 bridgehead atoms.